The molecule has 0 saturated carbocycles. The van der Waals surface area contributed by atoms with Crippen molar-refractivity contribution >= 4 is 40.8 Å². The van der Waals surface area contributed by atoms with E-state index in [0.29, 0.717) is 22.4 Å². The summed E-state index contributed by atoms with van der Waals surface area (Å²) in [7, 11) is 1.41. The topological polar surface area (TPSA) is 127 Å². The lowest BCUT2D eigenvalue weighted by Crippen LogP contribution is -2.23. The fourth-order valence-electron chi connectivity index (χ4n) is 2.65. The van der Waals surface area contributed by atoms with E-state index in [2.05, 4.69) is 15.3 Å². The molecule has 0 fully saturated rings. The van der Waals surface area contributed by atoms with Gasteiger partial charge in [0, 0.05) is 28.8 Å². The fraction of sp³-hybridized carbons (Fsp3) is 0.190. The Morgan fingerprint density at radius 1 is 1.25 bits per heavy atom. The van der Waals surface area contributed by atoms with E-state index in [1.165, 1.54) is 31.4 Å². The molecular weight excluding hydrogens is 452 g/mol. The second-order valence-corrected chi connectivity index (χ2v) is 8.91. The van der Waals surface area contributed by atoms with E-state index < -0.39 is 16.1 Å². The first-order chi connectivity index (χ1) is 15.4. The minimum atomic E-state index is -0.640. The van der Waals surface area contributed by atoms with Crippen LogP contribution >= 0.6 is 23.5 Å². The average molecular weight is 473 g/mol. The molecule has 32 heavy (non-hydrogen) atoms. The number of thioether (sulfide) groups is 2. The average Bonchev–Trinajstić information content (AvgIpc) is 2.78. The minimum Gasteiger partial charge on any atom is -0.495 e. The maximum Gasteiger partial charge on any atom is 0.271 e. The lowest BCUT2D eigenvalue weighted by molar-refractivity contribution is -0.384. The Hall–Kier alpha value is -3.31. The number of aromatic amines is 1. The smallest absolute Gasteiger partial charge is 0.271 e. The van der Waals surface area contributed by atoms with Crippen LogP contribution in [-0.2, 0) is 10.5 Å². The molecule has 0 saturated heterocycles. The van der Waals surface area contributed by atoms with Crippen LogP contribution in [0.5, 0.6) is 5.75 Å². The lowest BCUT2D eigenvalue weighted by atomic mass is 10.2. The molecule has 1 atom stereocenters. The molecule has 1 amide bonds. The number of H-pyrrole nitrogens is 1. The number of amides is 1. The van der Waals surface area contributed by atoms with Gasteiger partial charge in [0.1, 0.15) is 5.75 Å². The second-order valence-electron chi connectivity index (χ2n) is 6.53. The van der Waals surface area contributed by atoms with Crippen molar-refractivity contribution in [3.05, 3.63) is 80.8 Å². The van der Waals surface area contributed by atoms with Gasteiger partial charge in [0.25, 0.3) is 11.2 Å². The van der Waals surface area contributed by atoms with Crippen molar-refractivity contribution in [3.63, 3.8) is 0 Å². The van der Waals surface area contributed by atoms with Crippen LogP contribution in [-0.4, -0.2) is 33.2 Å². The molecule has 1 heterocycles. The van der Waals surface area contributed by atoms with Gasteiger partial charge in [0.15, 0.2) is 5.16 Å². The number of nitrogens with one attached hydrogen (secondary N) is 2. The van der Waals surface area contributed by atoms with Crippen LogP contribution in [0.4, 0.5) is 11.4 Å². The maximum atomic E-state index is 12.7. The summed E-state index contributed by atoms with van der Waals surface area (Å²) < 4.78 is 5.17. The number of non-ortho nitro benzene ring substituents is 1. The van der Waals surface area contributed by atoms with Gasteiger partial charge in [-0.3, -0.25) is 19.7 Å². The van der Waals surface area contributed by atoms with Crippen LogP contribution in [0.25, 0.3) is 0 Å². The van der Waals surface area contributed by atoms with Crippen molar-refractivity contribution in [2.75, 3.05) is 12.4 Å². The molecule has 0 aliphatic heterocycles. The normalized spacial score (nSPS) is 11.6. The van der Waals surface area contributed by atoms with Gasteiger partial charge in [-0.05, 0) is 25.1 Å². The summed E-state index contributed by atoms with van der Waals surface area (Å²) in [4.78, 5) is 43.3. The van der Waals surface area contributed by atoms with Gasteiger partial charge in [-0.15, -0.1) is 11.8 Å². The molecule has 166 valence electrons. The van der Waals surface area contributed by atoms with Crippen LogP contribution in [0.15, 0.2) is 69.4 Å². The molecule has 2 N–H and O–H groups in total. The largest absolute Gasteiger partial charge is 0.495 e. The molecule has 1 aromatic heterocycles. The number of hydrogen-bond donors (Lipinski definition) is 2. The van der Waals surface area contributed by atoms with Crippen LogP contribution in [0.1, 0.15) is 12.6 Å². The molecule has 2 aromatic carbocycles. The third kappa shape index (κ3) is 6.34. The summed E-state index contributed by atoms with van der Waals surface area (Å²) in [5.74, 6) is 0.389. The van der Waals surface area contributed by atoms with Crippen LogP contribution < -0.4 is 15.6 Å². The number of anilines is 1. The summed E-state index contributed by atoms with van der Waals surface area (Å²) >= 11 is 2.64. The molecule has 0 aliphatic rings. The zero-order valence-electron chi connectivity index (χ0n) is 17.2. The molecule has 1 unspecified atom stereocenters. The van der Waals surface area contributed by atoms with Crippen molar-refractivity contribution in [2.45, 2.75) is 28.0 Å². The third-order valence-corrected chi connectivity index (χ3v) is 6.24. The lowest BCUT2D eigenvalue weighted by Gasteiger charge is -2.14. The number of ether oxygens (including phenoxy) is 1. The number of rotatable bonds is 9. The summed E-state index contributed by atoms with van der Waals surface area (Å²) in [5, 5.41) is 13.3. The Balaban J connectivity index is 1.69. The van der Waals surface area contributed by atoms with E-state index in [4.69, 9.17) is 4.74 Å². The number of methoxy groups -OCH3 is 1. The minimum absolute atomic E-state index is 0.170. The van der Waals surface area contributed by atoms with Crippen molar-refractivity contribution in [2.24, 2.45) is 0 Å². The van der Waals surface area contributed by atoms with E-state index in [0.717, 1.165) is 16.7 Å². The van der Waals surface area contributed by atoms with Crippen molar-refractivity contribution in [1.82, 2.24) is 9.97 Å². The monoisotopic (exact) mass is 472 g/mol. The predicted octanol–water partition coefficient (Wildman–Crippen LogP) is 4.10. The molecule has 9 nitrogen and oxygen atoms in total. The predicted molar refractivity (Wildman–Crippen MR) is 124 cm³/mol. The molecular formula is C21H20N4O5S2. The Morgan fingerprint density at radius 2 is 2.00 bits per heavy atom. The Labute approximate surface area is 192 Å². The molecule has 3 rings (SSSR count). The second kappa shape index (κ2) is 10.8. The maximum absolute atomic E-state index is 12.7. The van der Waals surface area contributed by atoms with Gasteiger partial charge in [0.05, 0.1) is 28.7 Å². The van der Waals surface area contributed by atoms with E-state index in [1.807, 2.05) is 30.3 Å². The molecule has 3 aromatic rings. The Kier molecular flexibility index (Phi) is 7.90. The number of hydrogen-bond acceptors (Lipinski definition) is 8. The highest BCUT2D eigenvalue weighted by atomic mass is 32.2. The third-order valence-electron chi connectivity index (χ3n) is 4.21. The highest BCUT2D eigenvalue weighted by Crippen LogP contribution is 2.30. The SMILES string of the molecule is COc1ccc([N+](=O)[O-])cc1NC(=O)C(C)Sc1nc(CSc2ccccc2)cc(=O)[nH]1. The first-order valence-corrected chi connectivity index (χ1v) is 11.3. The van der Waals surface area contributed by atoms with E-state index >= 15 is 0 Å². The summed E-state index contributed by atoms with van der Waals surface area (Å²) in [6, 6.07) is 15.1. The van der Waals surface area contributed by atoms with Gasteiger partial charge >= 0.3 is 0 Å². The van der Waals surface area contributed by atoms with Crippen LogP contribution in [0.3, 0.4) is 0 Å². The molecule has 0 bridgehead atoms. The zero-order chi connectivity index (χ0) is 23.1. The van der Waals surface area contributed by atoms with E-state index in [1.54, 1.807) is 18.7 Å². The van der Waals surface area contributed by atoms with Gasteiger partial charge in [-0.2, -0.15) is 0 Å². The van der Waals surface area contributed by atoms with Gasteiger partial charge in [-0.1, -0.05) is 30.0 Å². The highest BCUT2D eigenvalue weighted by molar-refractivity contribution is 8.00. The van der Waals surface area contributed by atoms with E-state index in [9.17, 15) is 19.7 Å². The number of nitro groups is 1. The summed E-state index contributed by atoms with van der Waals surface area (Å²) in [6.07, 6.45) is 0. The number of carbonyl (C=O) groups is 1. The number of aromatic nitrogens is 2. The number of benzene rings is 2. The molecule has 0 spiro atoms. The van der Waals surface area contributed by atoms with Crippen LogP contribution in [0.2, 0.25) is 0 Å². The molecule has 0 aliphatic carbocycles. The first kappa shape index (κ1) is 23.4. The van der Waals surface area contributed by atoms with Crippen molar-refractivity contribution in [3.8, 4) is 5.75 Å². The quantitative estimate of drug-likeness (QED) is 0.206. The first-order valence-electron chi connectivity index (χ1n) is 9.43. The Bertz CT molecular complexity index is 1170. The number of nitrogens with zero attached hydrogens (tertiary/aromatic N) is 2. The summed E-state index contributed by atoms with van der Waals surface area (Å²) in [5.41, 5.74) is 0.307. The summed E-state index contributed by atoms with van der Waals surface area (Å²) in [6.45, 7) is 1.65. The van der Waals surface area contributed by atoms with Gasteiger partial charge in [0.2, 0.25) is 5.91 Å². The Morgan fingerprint density at radius 3 is 2.69 bits per heavy atom. The standard InChI is InChI=1S/C21H20N4O5S2/c1-13(20(27)23-17-11-15(25(28)29)8-9-18(17)30-2)32-21-22-14(10-19(26)24-21)12-31-16-6-4-3-5-7-16/h3-11,13H,12H2,1-2H3,(H,23,27)(H,22,24,26). The molecule has 0 radical (unpaired) electrons. The van der Waals surface area contributed by atoms with Crippen LogP contribution in [0, 0.1) is 10.1 Å². The molecule has 11 heteroatoms. The fourth-order valence-corrected chi connectivity index (χ4v) is 4.29. The van der Waals surface area contributed by atoms with Crippen molar-refractivity contribution < 1.29 is 14.5 Å². The van der Waals surface area contributed by atoms with Gasteiger partial charge < -0.3 is 15.0 Å². The van der Waals surface area contributed by atoms with Gasteiger partial charge in [-0.25, -0.2) is 4.98 Å². The number of nitro benzene ring substituents is 1. The zero-order valence-corrected chi connectivity index (χ0v) is 18.9. The number of carbonyl (C=O) groups excluding carboxylic acids is 1. The highest BCUT2D eigenvalue weighted by Gasteiger charge is 2.20. The van der Waals surface area contributed by atoms with Crippen molar-refractivity contribution in [1.29, 1.82) is 0 Å². The van der Waals surface area contributed by atoms with E-state index in [-0.39, 0.29) is 16.9 Å².